The minimum Gasteiger partial charge on any atom is -0.478 e. The topological polar surface area (TPSA) is 66.0 Å². The first-order valence-corrected chi connectivity index (χ1v) is 5.78. The molecule has 94 valence electrons. The smallest absolute Gasteiger partial charge is 0.339 e. The number of carbonyl (C=O) groups is 1. The van der Waals surface area contributed by atoms with Crippen molar-refractivity contribution in [2.24, 2.45) is 0 Å². The molecule has 0 aliphatic carbocycles. The largest absolute Gasteiger partial charge is 0.478 e. The second-order valence-corrected chi connectivity index (χ2v) is 4.43. The van der Waals surface area contributed by atoms with Gasteiger partial charge in [0.05, 0.1) is 11.9 Å². The van der Waals surface area contributed by atoms with E-state index in [-0.39, 0.29) is 5.56 Å². The van der Waals surface area contributed by atoms with Crippen molar-refractivity contribution in [3.05, 3.63) is 36.0 Å². The Morgan fingerprint density at radius 2 is 2.22 bits per heavy atom. The number of aromatic amines is 1. The predicted octanol–water partition coefficient (Wildman–Crippen LogP) is 3.09. The Balaban J connectivity index is 2.38. The van der Waals surface area contributed by atoms with Crippen molar-refractivity contribution >= 4 is 17.7 Å². The summed E-state index contributed by atoms with van der Waals surface area (Å²) in [6.45, 7) is 0. The van der Waals surface area contributed by atoms with Gasteiger partial charge in [-0.05, 0) is 12.1 Å². The van der Waals surface area contributed by atoms with E-state index in [1.807, 2.05) is 0 Å². The lowest BCUT2D eigenvalue weighted by Gasteiger charge is -2.04. The Bertz CT molecular complexity index is 572. The van der Waals surface area contributed by atoms with E-state index in [9.17, 15) is 13.6 Å². The third kappa shape index (κ3) is 2.67. The van der Waals surface area contributed by atoms with Crippen LogP contribution in [0.5, 0.6) is 0 Å². The van der Waals surface area contributed by atoms with Crippen molar-refractivity contribution in [2.75, 3.05) is 0 Å². The number of nitrogens with one attached hydrogen (secondary N) is 1. The predicted molar refractivity (Wildman–Crippen MR) is 62.8 cm³/mol. The summed E-state index contributed by atoms with van der Waals surface area (Å²) in [7, 11) is 0. The molecule has 0 saturated heterocycles. The van der Waals surface area contributed by atoms with Crippen molar-refractivity contribution in [3.63, 3.8) is 0 Å². The normalized spacial score (nSPS) is 10.8. The lowest BCUT2D eigenvalue weighted by molar-refractivity contribution is 0.0698. The van der Waals surface area contributed by atoms with Gasteiger partial charge in [-0.25, -0.2) is 4.79 Å². The third-order valence-corrected chi connectivity index (χ3v) is 2.92. The summed E-state index contributed by atoms with van der Waals surface area (Å²) in [6.07, 6.45) is 1.19. The highest BCUT2D eigenvalue weighted by Gasteiger charge is 2.14. The minimum absolute atomic E-state index is 0.00852. The number of benzene rings is 1. The molecule has 0 radical (unpaired) electrons. The monoisotopic (exact) mass is 270 g/mol. The fourth-order valence-electron chi connectivity index (χ4n) is 1.50. The van der Waals surface area contributed by atoms with Gasteiger partial charge in [-0.3, -0.25) is 5.10 Å². The molecule has 0 atom stereocenters. The Morgan fingerprint density at radius 3 is 2.89 bits per heavy atom. The standard InChI is InChI=1S/C11H8F2N2O2S/c12-11(13)18-7-3-1-2-6(4-7)9-8(10(16)17)5-14-15-9/h1-5,11H,(H,14,15)(H,16,17). The Kier molecular flexibility index (Phi) is 3.61. The van der Waals surface area contributed by atoms with Crippen LogP contribution in [-0.2, 0) is 0 Å². The molecular formula is C11H8F2N2O2S. The zero-order chi connectivity index (χ0) is 13.1. The lowest BCUT2D eigenvalue weighted by Crippen LogP contribution is -1.96. The average Bonchev–Trinajstić information content (AvgIpc) is 2.77. The van der Waals surface area contributed by atoms with Crippen LogP contribution in [0, 0.1) is 0 Å². The number of thioether (sulfide) groups is 1. The maximum absolute atomic E-state index is 12.3. The summed E-state index contributed by atoms with van der Waals surface area (Å²) in [5.74, 6) is -3.63. The molecule has 0 aliphatic heterocycles. The summed E-state index contributed by atoms with van der Waals surface area (Å²) >= 11 is 0.409. The van der Waals surface area contributed by atoms with Crippen LogP contribution in [0.15, 0.2) is 35.4 Å². The zero-order valence-corrected chi connectivity index (χ0v) is 9.75. The summed E-state index contributed by atoms with van der Waals surface area (Å²) in [5, 5.41) is 15.2. The molecule has 18 heavy (non-hydrogen) atoms. The molecule has 1 aromatic heterocycles. The molecule has 4 nitrogen and oxygen atoms in total. The van der Waals surface area contributed by atoms with E-state index >= 15 is 0 Å². The Hall–Kier alpha value is -1.89. The van der Waals surface area contributed by atoms with Crippen molar-refractivity contribution in [1.29, 1.82) is 0 Å². The number of alkyl halides is 2. The van der Waals surface area contributed by atoms with Crippen LogP contribution < -0.4 is 0 Å². The second-order valence-electron chi connectivity index (χ2n) is 3.37. The molecule has 0 saturated carbocycles. The summed E-state index contributed by atoms with van der Waals surface area (Å²) < 4.78 is 24.5. The molecular weight excluding hydrogens is 262 g/mol. The first-order valence-electron chi connectivity index (χ1n) is 4.90. The third-order valence-electron chi connectivity index (χ3n) is 2.22. The molecule has 2 rings (SSSR count). The minimum atomic E-state index is -2.51. The van der Waals surface area contributed by atoms with Crippen LogP contribution in [0.25, 0.3) is 11.3 Å². The average molecular weight is 270 g/mol. The highest BCUT2D eigenvalue weighted by Crippen LogP contribution is 2.29. The summed E-state index contributed by atoms with van der Waals surface area (Å²) in [5.41, 5.74) is 0.823. The fraction of sp³-hybridized carbons (Fsp3) is 0.0909. The van der Waals surface area contributed by atoms with Crippen molar-refractivity contribution in [1.82, 2.24) is 10.2 Å². The van der Waals surface area contributed by atoms with Gasteiger partial charge in [0.15, 0.2) is 0 Å². The molecule has 0 aliphatic rings. The second kappa shape index (κ2) is 5.18. The first kappa shape index (κ1) is 12.6. The van der Waals surface area contributed by atoms with Gasteiger partial charge in [0.2, 0.25) is 0 Å². The van der Waals surface area contributed by atoms with Gasteiger partial charge >= 0.3 is 5.97 Å². The molecule has 0 bridgehead atoms. The van der Waals surface area contributed by atoms with Crippen LogP contribution >= 0.6 is 11.8 Å². The summed E-state index contributed by atoms with van der Waals surface area (Å²) in [6, 6.07) is 6.26. The van der Waals surface area contributed by atoms with Crippen LogP contribution in [0.3, 0.4) is 0 Å². The van der Waals surface area contributed by atoms with Gasteiger partial charge in [0.25, 0.3) is 5.76 Å². The van der Waals surface area contributed by atoms with Gasteiger partial charge in [0, 0.05) is 10.5 Å². The fourth-order valence-corrected chi connectivity index (χ4v) is 2.05. The van der Waals surface area contributed by atoms with Gasteiger partial charge in [-0.1, -0.05) is 23.9 Å². The number of halogens is 2. The van der Waals surface area contributed by atoms with E-state index in [1.165, 1.54) is 18.3 Å². The van der Waals surface area contributed by atoms with Crippen molar-refractivity contribution in [2.45, 2.75) is 10.7 Å². The number of carboxylic acids is 1. The number of aromatic nitrogens is 2. The maximum atomic E-state index is 12.3. The number of H-pyrrole nitrogens is 1. The SMILES string of the molecule is O=C(O)c1cn[nH]c1-c1cccc(SC(F)F)c1. The van der Waals surface area contributed by atoms with Crippen LogP contribution in [0.4, 0.5) is 8.78 Å². The van der Waals surface area contributed by atoms with Crippen LogP contribution in [0.2, 0.25) is 0 Å². The number of aromatic carboxylic acids is 1. The lowest BCUT2D eigenvalue weighted by atomic mass is 10.1. The molecule has 1 aromatic carbocycles. The summed E-state index contributed by atoms with van der Waals surface area (Å²) in [4.78, 5) is 11.3. The zero-order valence-electron chi connectivity index (χ0n) is 8.93. The Labute approximate surface area is 105 Å². The van der Waals surface area contributed by atoms with E-state index in [0.717, 1.165) is 0 Å². The van der Waals surface area contributed by atoms with Crippen LogP contribution in [-0.4, -0.2) is 27.0 Å². The van der Waals surface area contributed by atoms with E-state index in [1.54, 1.807) is 12.1 Å². The molecule has 2 N–H and O–H groups in total. The number of nitrogens with zero attached hydrogens (tertiary/aromatic N) is 1. The highest BCUT2D eigenvalue weighted by molar-refractivity contribution is 7.99. The van der Waals surface area contributed by atoms with Crippen molar-refractivity contribution < 1.29 is 18.7 Å². The first-order chi connectivity index (χ1) is 8.58. The molecule has 0 amide bonds. The number of hydrogen-bond donors (Lipinski definition) is 2. The van der Waals surface area contributed by atoms with Gasteiger partial charge in [0.1, 0.15) is 5.56 Å². The van der Waals surface area contributed by atoms with Gasteiger partial charge < -0.3 is 5.11 Å². The highest BCUT2D eigenvalue weighted by atomic mass is 32.2. The number of hydrogen-bond acceptors (Lipinski definition) is 3. The van der Waals surface area contributed by atoms with Crippen LogP contribution in [0.1, 0.15) is 10.4 Å². The maximum Gasteiger partial charge on any atom is 0.339 e. The molecule has 1 heterocycles. The quantitative estimate of drug-likeness (QED) is 0.838. The van der Waals surface area contributed by atoms with E-state index < -0.39 is 11.7 Å². The number of carboxylic acid groups (broad SMARTS) is 1. The van der Waals surface area contributed by atoms with E-state index in [2.05, 4.69) is 10.2 Å². The van der Waals surface area contributed by atoms with E-state index in [0.29, 0.717) is 27.9 Å². The molecule has 2 aromatic rings. The molecule has 0 unspecified atom stereocenters. The van der Waals surface area contributed by atoms with Crippen molar-refractivity contribution in [3.8, 4) is 11.3 Å². The molecule has 0 fully saturated rings. The van der Waals surface area contributed by atoms with Gasteiger partial charge in [-0.2, -0.15) is 13.9 Å². The molecule has 0 spiro atoms. The number of rotatable bonds is 4. The van der Waals surface area contributed by atoms with E-state index in [4.69, 9.17) is 5.11 Å². The Morgan fingerprint density at radius 1 is 1.44 bits per heavy atom. The molecule has 7 heteroatoms. The van der Waals surface area contributed by atoms with Gasteiger partial charge in [-0.15, -0.1) is 0 Å².